The number of thioether (sulfide) groups is 1. The van der Waals surface area contributed by atoms with Crippen molar-refractivity contribution in [3.05, 3.63) is 53.6 Å². The monoisotopic (exact) mass is 316 g/mol. The zero-order valence-corrected chi connectivity index (χ0v) is 13.9. The van der Waals surface area contributed by atoms with E-state index in [2.05, 4.69) is 0 Å². The molecule has 0 aliphatic rings. The van der Waals surface area contributed by atoms with Gasteiger partial charge < -0.3 is 9.47 Å². The lowest BCUT2D eigenvalue weighted by Gasteiger charge is -2.11. The van der Waals surface area contributed by atoms with E-state index in [4.69, 9.17) is 9.47 Å². The van der Waals surface area contributed by atoms with Gasteiger partial charge >= 0.3 is 0 Å². The second-order valence-corrected chi connectivity index (χ2v) is 6.10. The predicted molar refractivity (Wildman–Crippen MR) is 90.4 cm³/mol. The second kappa shape index (κ2) is 7.90. The molecule has 0 radical (unpaired) electrons. The topological polar surface area (TPSA) is 35.5 Å². The van der Waals surface area contributed by atoms with E-state index in [-0.39, 0.29) is 5.78 Å². The summed E-state index contributed by atoms with van der Waals surface area (Å²) >= 11 is 1.70. The fourth-order valence-corrected chi connectivity index (χ4v) is 2.72. The van der Waals surface area contributed by atoms with Gasteiger partial charge in [-0.05, 0) is 43.7 Å². The van der Waals surface area contributed by atoms with Gasteiger partial charge in [0.15, 0.2) is 17.3 Å². The highest BCUT2D eigenvalue weighted by Crippen LogP contribution is 2.28. The van der Waals surface area contributed by atoms with Gasteiger partial charge in [-0.15, -0.1) is 11.8 Å². The van der Waals surface area contributed by atoms with Crippen LogP contribution in [0.4, 0.5) is 0 Å². The van der Waals surface area contributed by atoms with Crippen LogP contribution in [-0.2, 0) is 0 Å². The van der Waals surface area contributed by atoms with Gasteiger partial charge in [0.2, 0.25) is 0 Å². The Bertz CT molecular complexity index is 635. The summed E-state index contributed by atoms with van der Waals surface area (Å²) in [6.07, 6.45) is 0. The Hall–Kier alpha value is -1.94. The number of hydrogen-bond acceptors (Lipinski definition) is 4. The van der Waals surface area contributed by atoms with Crippen LogP contribution in [0.5, 0.6) is 11.5 Å². The third-order valence-corrected chi connectivity index (χ3v) is 4.17. The molecule has 0 saturated carbocycles. The smallest absolute Gasteiger partial charge is 0.161 e. The molecule has 4 heteroatoms. The van der Waals surface area contributed by atoms with Gasteiger partial charge in [0.05, 0.1) is 13.7 Å². The third kappa shape index (κ3) is 4.53. The SMILES string of the molecule is COc1cc(C)ccc1OCCSc1ccc(C(C)=O)cc1. The Morgan fingerprint density at radius 3 is 2.45 bits per heavy atom. The van der Waals surface area contributed by atoms with E-state index < -0.39 is 0 Å². The van der Waals surface area contributed by atoms with Crippen LogP contribution in [0.3, 0.4) is 0 Å². The molecule has 0 N–H and O–H groups in total. The first kappa shape index (κ1) is 16.4. The fraction of sp³-hybridized carbons (Fsp3) is 0.278. The zero-order valence-electron chi connectivity index (χ0n) is 13.1. The van der Waals surface area contributed by atoms with E-state index >= 15 is 0 Å². The molecule has 0 saturated heterocycles. The van der Waals surface area contributed by atoms with Crippen molar-refractivity contribution in [2.45, 2.75) is 18.7 Å². The van der Waals surface area contributed by atoms with Crippen molar-refractivity contribution in [1.82, 2.24) is 0 Å². The van der Waals surface area contributed by atoms with E-state index in [1.165, 1.54) is 0 Å². The number of aryl methyl sites for hydroxylation is 1. The molecule has 0 aliphatic carbocycles. The standard InChI is InChI=1S/C18H20O3S/c1-13-4-9-17(18(12-13)20-3)21-10-11-22-16-7-5-15(6-8-16)14(2)19/h4-9,12H,10-11H2,1-3H3. The highest BCUT2D eigenvalue weighted by Gasteiger charge is 2.04. The van der Waals surface area contributed by atoms with Crippen LogP contribution in [0.15, 0.2) is 47.4 Å². The van der Waals surface area contributed by atoms with Crippen LogP contribution >= 0.6 is 11.8 Å². The van der Waals surface area contributed by atoms with Crippen molar-refractivity contribution < 1.29 is 14.3 Å². The number of rotatable bonds is 7. The maximum atomic E-state index is 11.2. The minimum Gasteiger partial charge on any atom is -0.493 e. The van der Waals surface area contributed by atoms with E-state index in [0.29, 0.717) is 6.61 Å². The summed E-state index contributed by atoms with van der Waals surface area (Å²) in [6.45, 7) is 4.19. The third-order valence-electron chi connectivity index (χ3n) is 3.19. The van der Waals surface area contributed by atoms with Gasteiger partial charge in [0.25, 0.3) is 0 Å². The highest BCUT2D eigenvalue weighted by molar-refractivity contribution is 7.99. The van der Waals surface area contributed by atoms with Crippen LogP contribution in [0, 0.1) is 6.92 Å². The average Bonchev–Trinajstić information content (AvgIpc) is 2.53. The first-order valence-electron chi connectivity index (χ1n) is 7.11. The lowest BCUT2D eigenvalue weighted by molar-refractivity contribution is 0.101. The summed E-state index contributed by atoms with van der Waals surface area (Å²) in [6, 6.07) is 13.5. The van der Waals surface area contributed by atoms with Crippen molar-refractivity contribution >= 4 is 17.5 Å². The molecule has 0 heterocycles. The second-order valence-electron chi connectivity index (χ2n) is 4.93. The van der Waals surface area contributed by atoms with Crippen molar-refractivity contribution in [2.24, 2.45) is 0 Å². The van der Waals surface area contributed by atoms with Gasteiger partial charge in [-0.2, -0.15) is 0 Å². The summed E-state index contributed by atoms with van der Waals surface area (Å²) in [7, 11) is 1.65. The van der Waals surface area contributed by atoms with Crippen LogP contribution in [0.2, 0.25) is 0 Å². The normalized spacial score (nSPS) is 10.3. The quantitative estimate of drug-likeness (QED) is 0.431. The number of hydrogen-bond donors (Lipinski definition) is 0. The first-order chi connectivity index (χ1) is 10.6. The van der Waals surface area contributed by atoms with E-state index in [1.54, 1.807) is 25.8 Å². The van der Waals surface area contributed by atoms with Crippen molar-refractivity contribution in [3.8, 4) is 11.5 Å². The summed E-state index contributed by atoms with van der Waals surface area (Å²) in [5.74, 6) is 2.44. The molecule has 0 unspecified atom stereocenters. The molecule has 3 nitrogen and oxygen atoms in total. The van der Waals surface area contributed by atoms with Crippen LogP contribution in [0.1, 0.15) is 22.8 Å². The lowest BCUT2D eigenvalue weighted by Crippen LogP contribution is -2.02. The van der Waals surface area contributed by atoms with Crippen LogP contribution in [0.25, 0.3) is 0 Å². The van der Waals surface area contributed by atoms with Gasteiger partial charge in [-0.25, -0.2) is 0 Å². The Balaban J connectivity index is 1.83. The minimum atomic E-state index is 0.0892. The number of methoxy groups -OCH3 is 1. The number of benzene rings is 2. The summed E-state index contributed by atoms with van der Waals surface area (Å²) in [5.41, 5.74) is 1.88. The molecule has 2 aromatic rings. The molecule has 116 valence electrons. The van der Waals surface area contributed by atoms with Gasteiger partial charge in [0.1, 0.15) is 0 Å². The number of carbonyl (C=O) groups excluding carboxylic acids is 1. The molecule has 0 fully saturated rings. The molecule has 22 heavy (non-hydrogen) atoms. The highest BCUT2D eigenvalue weighted by atomic mass is 32.2. The average molecular weight is 316 g/mol. The largest absolute Gasteiger partial charge is 0.493 e. The fourth-order valence-electron chi connectivity index (χ4n) is 1.99. The molecule has 2 aromatic carbocycles. The Labute approximate surface area is 135 Å². The van der Waals surface area contributed by atoms with Gasteiger partial charge in [-0.1, -0.05) is 18.2 Å². The van der Waals surface area contributed by atoms with E-state index in [9.17, 15) is 4.79 Å². The molecule has 0 bridgehead atoms. The van der Waals surface area contributed by atoms with E-state index in [1.807, 2.05) is 49.4 Å². The van der Waals surface area contributed by atoms with Crippen molar-refractivity contribution in [2.75, 3.05) is 19.5 Å². The molecule has 0 aromatic heterocycles. The van der Waals surface area contributed by atoms with Crippen LogP contribution in [-0.4, -0.2) is 25.3 Å². The Kier molecular flexibility index (Phi) is 5.90. The van der Waals surface area contributed by atoms with Crippen LogP contribution < -0.4 is 9.47 Å². The lowest BCUT2D eigenvalue weighted by atomic mass is 10.2. The Morgan fingerprint density at radius 2 is 1.82 bits per heavy atom. The molecule has 2 rings (SSSR count). The molecular weight excluding hydrogens is 296 g/mol. The van der Waals surface area contributed by atoms with Crippen molar-refractivity contribution in [1.29, 1.82) is 0 Å². The minimum absolute atomic E-state index is 0.0892. The summed E-state index contributed by atoms with van der Waals surface area (Å²) < 4.78 is 11.1. The number of Topliss-reactive ketones (excluding diaryl/α,β-unsaturated/α-hetero) is 1. The zero-order chi connectivity index (χ0) is 15.9. The summed E-state index contributed by atoms with van der Waals surface area (Å²) in [4.78, 5) is 12.3. The summed E-state index contributed by atoms with van der Waals surface area (Å²) in [5, 5.41) is 0. The number of ketones is 1. The first-order valence-corrected chi connectivity index (χ1v) is 8.10. The maximum absolute atomic E-state index is 11.2. The molecule has 0 amide bonds. The molecule has 0 aliphatic heterocycles. The van der Waals surface area contributed by atoms with Gasteiger partial charge in [0, 0.05) is 16.2 Å². The van der Waals surface area contributed by atoms with E-state index in [0.717, 1.165) is 33.3 Å². The predicted octanol–water partition coefficient (Wildman–Crippen LogP) is 4.38. The molecular formula is C18H20O3S. The molecule has 0 spiro atoms. The Morgan fingerprint density at radius 1 is 1.09 bits per heavy atom. The van der Waals surface area contributed by atoms with Gasteiger partial charge in [-0.3, -0.25) is 4.79 Å². The number of ether oxygens (including phenoxy) is 2. The molecule has 0 atom stereocenters. The van der Waals surface area contributed by atoms with Crippen molar-refractivity contribution in [3.63, 3.8) is 0 Å². The maximum Gasteiger partial charge on any atom is 0.161 e. The number of carbonyl (C=O) groups is 1.